The van der Waals surface area contributed by atoms with Gasteiger partial charge in [-0.15, -0.1) is 0 Å². The van der Waals surface area contributed by atoms with Gasteiger partial charge in [0.25, 0.3) is 5.91 Å². The normalized spacial score (nSPS) is 11.7. The van der Waals surface area contributed by atoms with Gasteiger partial charge in [0.15, 0.2) is 6.61 Å². The lowest BCUT2D eigenvalue weighted by Gasteiger charge is -2.31. The third-order valence-electron chi connectivity index (χ3n) is 4.50. The average Bonchev–Trinajstić information content (AvgIpc) is 2.73. The van der Waals surface area contributed by atoms with Crippen molar-refractivity contribution in [2.24, 2.45) is 0 Å². The van der Waals surface area contributed by atoms with Gasteiger partial charge in [-0.25, -0.2) is 0 Å². The van der Waals surface area contributed by atoms with Gasteiger partial charge in [0.05, 0.1) is 7.11 Å². The average molecular weight is 524 g/mol. The Hall–Kier alpha value is -2.29. The third-order valence-corrected chi connectivity index (χ3v) is 5.22. The van der Waals surface area contributed by atoms with Crippen LogP contribution in [0.2, 0.25) is 0 Å². The Labute approximate surface area is 192 Å². The molecular weight excluding hydrogens is 495 g/mol. The largest absolute Gasteiger partial charge is 0.497 e. The second-order valence-electron chi connectivity index (χ2n) is 7.20. The van der Waals surface area contributed by atoms with Gasteiger partial charge < -0.3 is 19.7 Å². The van der Waals surface area contributed by atoms with E-state index < -0.39 is 6.04 Å². The number of hydrogen-bond acceptors (Lipinski definition) is 4. The zero-order chi connectivity index (χ0) is 22.1. The number of methoxy groups -OCH3 is 1. The minimum atomic E-state index is -0.581. The molecule has 7 heteroatoms. The fourth-order valence-corrected chi connectivity index (χ4v) is 3.35. The van der Waals surface area contributed by atoms with E-state index in [1.165, 1.54) is 0 Å². The smallest absolute Gasteiger partial charge is 0.261 e. The maximum absolute atomic E-state index is 13.1. The first-order chi connectivity index (χ1) is 14.3. The van der Waals surface area contributed by atoms with Gasteiger partial charge in [-0.05, 0) is 84.8 Å². The summed E-state index contributed by atoms with van der Waals surface area (Å²) in [4.78, 5) is 27.5. The molecule has 0 spiro atoms. The van der Waals surface area contributed by atoms with E-state index >= 15 is 0 Å². The van der Waals surface area contributed by atoms with Gasteiger partial charge in [-0.3, -0.25) is 9.59 Å². The molecule has 0 aliphatic heterocycles. The monoisotopic (exact) mass is 524 g/mol. The number of halogens is 1. The highest BCUT2D eigenvalue weighted by Gasteiger charge is 2.29. The van der Waals surface area contributed by atoms with Gasteiger partial charge in [-0.1, -0.05) is 19.1 Å². The zero-order valence-electron chi connectivity index (χ0n) is 17.9. The number of carbonyl (C=O) groups excluding carboxylic acids is 2. The van der Waals surface area contributed by atoms with Crippen molar-refractivity contribution in [2.75, 3.05) is 13.7 Å². The molecule has 0 aromatic heterocycles. The number of nitrogens with one attached hydrogen (secondary N) is 1. The van der Waals surface area contributed by atoms with Crippen molar-refractivity contribution >= 4 is 34.4 Å². The van der Waals surface area contributed by atoms with Gasteiger partial charge in [0, 0.05) is 16.2 Å². The van der Waals surface area contributed by atoms with E-state index in [4.69, 9.17) is 9.47 Å². The number of carbonyl (C=O) groups is 2. The first kappa shape index (κ1) is 24.0. The number of hydrogen-bond donors (Lipinski definition) is 1. The van der Waals surface area contributed by atoms with E-state index in [1.807, 2.05) is 69.3 Å². The van der Waals surface area contributed by atoms with Gasteiger partial charge >= 0.3 is 0 Å². The molecule has 1 N–H and O–H groups in total. The molecular formula is C23H29IN2O4. The van der Waals surface area contributed by atoms with E-state index in [-0.39, 0.29) is 24.5 Å². The van der Waals surface area contributed by atoms with Crippen LogP contribution in [0.4, 0.5) is 0 Å². The molecule has 2 amide bonds. The van der Waals surface area contributed by atoms with Crippen molar-refractivity contribution in [3.63, 3.8) is 0 Å². The molecule has 0 heterocycles. The van der Waals surface area contributed by atoms with E-state index in [0.29, 0.717) is 18.7 Å². The molecule has 1 atom stereocenters. The maximum atomic E-state index is 13.1. The van der Waals surface area contributed by atoms with E-state index in [9.17, 15) is 9.59 Å². The Balaban J connectivity index is 2.19. The van der Waals surface area contributed by atoms with Crippen LogP contribution >= 0.6 is 22.6 Å². The summed E-state index contributed by atoms with van der Waals surface area (Å²) in [7, 11) is 1.61. The van der Waals surface area contributed by atoms with Crippen LogP contribution in [0.5, 0.6) is 11.5 Å². The Morgan fingerprint density at radius 3 is 2.17 bits per heavy atom. The highest BCUT2D eigenvalue weighted by Crippen LogP contribution is 2.18. The fraction of sp³-hybridized carbons (Fsp3) is 0.391. The number of nitrogens with zero attached hydrogens (tertiary/aromatic N) is 1. The van der Waals surface area contributed by atoms with Crippen LogP contribution in [0.1, 0.15) is 32.8 Å². The SMILES string of the molecule is CC[C@H](C(=O)NC(C)C)N(Cc1ccc(OC)cc1)C(=O)COc1ccc(I)cc1. The molecule has 6 nitrogen and oxygen atoms in total. The number of amides is 2. The summed E-state index contributed by atoms with van der Waals surface area (Å²) in [6, 6.07) is 14.4. The first-order valence-electron chi connectivity index (χ1n) is 9.95. The molecule has 0 radical (unpaired) electrons. The van der Waals surface area contributed by atoms with E-state index in [2.05, 4.69) is 27.9 Å². The summed E-state index contributed by atoms with van der Waals surface area (Å²) in [6.07, 6.45) is 0.504. The molecule has 2 rings (SSSR count). The standard InChI is InChI=1S/C23H29IN2O4/c1-5-21(23(28)25-16(2)3)26(14-17-6-10-19(29-4)11-7-17)22(27)15-30-20-12-8-18(24)9-13-20/h6-13,16,21H,5,14-15H2,1-4H3,(H,25,28)/t21-/m1/s1. The number of rotatable bonds is 10. The second kappa shape index (κ2) is 11.8. The summed E-state index contributed by atoms with van der Waals surface area (Å²) < 4.78 is 12.0. The first-order valence-corrected chi connectivity index (χ1v) is 11.0. The van der Waals surface area contributed by atoms with Crippen LogP contribution in [0.25, 0.3) is 0 Å². The van der Waals surface area contributed by atoms with Crippen LogP contribution in [0, 0.1) is 3.57 Å². The Kier molecular flexibility index (Phi) is 9.42. The summed E-state index contributed by atoms with van der Waals surface area (Å²) in [5.74, 6) is 0.954. The molecule has 0 bridgehead atoms. The summed E-state index contributed by atoms with van der Waals surface area (Å²) >= 11 is 2.21. The molecule has 0 unspecified atom stereocenters. The maximum Gasteiger partial charge on any atom is 0.261 e. The Bertz CT molecular complexity index is 822. The van der Waals surface area contributed by atoms with Crippen LogP contribution in [-0.4, -0.2) is 42.5 Å². The van der Waals surface area contributed by atoms with Crippen molar-refractivity contribution in [3.05, 3.63) is 57.7 Å². The molecule has 0 aliphatic carbocycles. The molecule has 0 saturated heterocycles. The van der Waals surface area contributed by atoms with Crippen molar-refractivity contribution in [1.29, 1.82) is 0 Å². The van der Waals surface area contributed by atoms with Crippen LogP contribution in [-0.2, 0) is 16.1 Å². The number of ether oxygens (including phenoxy) is 2. The molecule has 0 fully saturated rings. The van der Waals surface area contributed by atoms with Crippen molar-refractivity contribution in [3.8, 4) is 11.5 Å². The minimum Gasteiger partial charge on any atom is -0.497 e. The predicted octanol–water partition coefficient (Wildman–Crippen LogP) is 4.01. The minimum absolute atomic E-state index is 0.00692. The summed E-state index contributed by atoms with van der Waals surface area (Å²) in [5, 5.41) is 2.92. The van der Waals surface area contributed by atoms with Crippen molar-refractivity contribution < 1.29 is 19.1 Å². The quantitative estimate of drug-likeness (QED) is 0.477. The Morgan fingerprint density at radius 1 is 1.03 bits per heavy atom. The van der Waals surface area contributed by atoms with Gasteiger partial charge in [-0.2, -0.15) is 0 Å². The molecule has 162 valence electrons. The van der Waals surface area contributed by atoms with Crippen LogP contribution in [0.15, 0.2) is 48.5 Å². The van der Waals surface area contributed by atoms with Gasteiger partial charge in [0.1, 0.15) is 17.5 Å². The molecule has 0 saturated carbocycles. The molecule has 2 aromatic carbocycles. The van der Waals surface area contributed by atoms with Gasteiger partial charge in [0.2, 0.25) is 5.91 Å². The lowest BCUT2D eigenvalue weighted by atomic mass is 10.1. The Morgan fingerprint density at radius 2 is 1.63 bits per heavy atom. The van der Waals surface area contributed by atoms with Crippen LogP contribution < -0.4 is 14.8 Å². The fourth-order valence-electron chi connectivity index (χ4n) is 2.99. The predicted molar refractivity (Wildman–Crippen MR) is 126 cm³/mol. The second-order valence-corrected chi connectivity index (χ2v) is 8.45. The molecule has 2 aromatic rings. The van der Waals surface area contributed by atoms with Crippen LogP contribution in [0.3, 0.4) is 0 Å². The number of benzene rings is 2. The lowest BCUT2D eigenvalue weighted by molar-refractivity contribution is -0.143. The summed E-state index contributed by atoms with van der Waals surface area (Å²) in [5.41, 5.74) is 0.911. The molecule has 0 aliphatic rings. The highest BCUT2D eigenvalue weighted by atomic mass is 127. The molecule has 30 heavy (non-hydrogen) atoms. The third kappa shape index (κ3) is 7.19. The van der Waals surface area contributed by atoms with E-state index in [1.54, 1.807) is 12.0 Å². The van der Waals surface area contributed by atoms with Crippen molar-refractivity contribution in [2.45, 2.75) is 45.8 Å². The zero-order valence-corrected chi connectivity index (χ0v) is 20.0. The topological polar surface area (TPSA) is 67.9 Å². The summed E-state index contributed by atoms with van der Waals surface area (Å²) in [6.45, 7) is 5.88. The highest BCUT2D eigenvalue weighted by molar-refractivity contribution is 14.1. The van der Waals surface area contributed by atoms with E-state index in [0.717, 1.165) is 14.9 Å². The lowest BCUT2D eigenvalue weighted by Crippen LogP contribution is -2.51. The van der Waals surface area contributed by atoms with Crippen molar-refractivity contribution in [1.82, 2.24) is 10.2 Å².